The van der Waals surface area contributed by atoms with E-state index >= 15 is 0 Å². The number of benzene rings is 1. The van der Waals surface area contributed by atoms with E-state index in [-0.39, 0.29) is 0 Å². The normalized spacial score (nSPS) is 19.4. The Morgan fingerprint density at radius 1 is 1.47 bits per heavy atom. The molecule has 5 heteroatoms. The molecule has 0 saturated heterocycles. The van der Waals surface area contributed by atoms with Crippen LogP contribution < -0.4 is 15.4 Å². The van der Waals surface area contributed by atoms with Crippen molar-refractivity contribution in [2.24, 2.45) is 5.73 Å². The van der Waals surface area contributed by atoms with E-state index in [0.29, 0.717) is 11.4 Å². The predicted molar refractivity (Wildman–Crippen MR) is 53.5 cm³/mol. The Balaban J connectivity index is 2.45. The van der Waals surface area contributed by atoms with Gasteiger partial charge in [-0.05, 0) is 12.1 Å². The molecule has 2 N–H and O–H groups in total. The summed E-state index contributed by atoms with van der Waals surface area (Å²) in [5.41, 5.74) is 5.70. The number of carbonyl (C=O) groups excluding carboxylic acids is 2. The fourth-order valence-electron chi connectivity index (χ4n) is 1.49. The molecule has 0 saturated carbocycles. The van der Waals surface area contributed by atoms with Gasteiger partial charge in [-0.15, -0.1) is 0 Å². The number of anilines is 1. The van der Waals surface area contributed by atoms with Gasteiger partial charge in [-0.2, -0.15) is 0 Å². The van der Waals surface area contributed by atoms with Crippen molar-refractivity contribution in [3.8, 4) is 5.75 Å². The molecule has 0 aliphatic carbocycles. The monoisotopic (exact) mass is 206 g/mol. The Bertz CT molecular complexity index is 430. The van der Waals surface area contributed by atoms with Crippen molar-refractivity contribution in [3.05, 3.63) is 24.3 Å². The van der Waals surface area contributed by atoms with Gasteiger partial charge < -0.3 is 15.4 Å². The molecule has 0 aromatic heterocycles. The first-order valence-corrected chi connectivity index (χ1v) is 4.44. The lowest BCUT2D eigenvalue weighted by Crippen LogP contribution is -2.50. The van der Waals surface area contributed by atoms with Crippen molar-refractivity contribution < 1.29 is 14.3 Å². The number of hydrogen-bond donors (Lipinski definition) is 1. The maximum Gasteiger partial charge on any atom is 0.277 e. The third kappa shape index (κ3) is 1.41. The third-order valence-electron chi connectivity index (χ3n) is 2.28. The number of nitrogens with zero attached hydrogens (tertiary/aromatic N) is 1. The molecule has 1 heterocycles. The summed E-state index contributed by atoms with van der Waals surface area (Å²) in [6.07, 6.45) is -1.22. The van der Waals surface area contributed by atoms with Crippen molar-refractivity contribution in [3.63, 3.8) is 0 Å². The quantitative estimate of drug-likeness (QED) is 0.652. The van der Waals surface area contributed by atoms with Gasteiger partial charge in [0.2, 0.25) is 0 Å². The number of likely N-dealkylation sites (N-methyl/N-ethyl adjacent to an activating group) is 1. The van der Waals surface area contributed by atoms with Crippen LogP contribution >= 0.6 is 0 Å². The van der Waals surface area contributed by atoms with Gasteiger partial charge in [0.1, 0.15) is 5.75 Å². The van der Waals surface area contributed by atoms with E-state index in [1.165, 1.54) is 4.90 Å². The second-order valence-electron chi connectivity index (χ2n) is 3.27. The van der Waals surface area contributed by atoms with Crippen molar-refractivity contribution >= 4 is 17.5 Å². The third-order valence-corrected chi connectivity index (χ3v) is 2.28. The van der Waals surface area contributed by atoms with Crippen LogP contribution in [0.5, 0.6) is 5.75 Å². The highest BCUT2D eigenvalue weighted by atomic mass is 16.5. The molecule has 2 rings (SSSR count). The lowest BCUT2D eigenvalue weighted by molar-refractivity contribution is -0.136. The molecule has 0 bridgehead atoms. The van der Waals surface area contributed by atoms with Gasteiger partial charge in [0.05, 0.1) is 5.69 Å². The molecule has 0 spiro atoms. The fourth-order valence-corrected chi connectivity index (χ4v) is 1.49. The smallest absolute Gasteiger partial charge is 0.277 e. The van der Waals surface area contributed by atoms with Crippen LogP contribution in [0, 0.1) is 0 Å². The molecular formula is C10H10N2O3. The zero-order valence-corrected chi connectivity index (χ0v) is 8.14. The summed E-state index contributed by atoms with van der Waals surface area (Å²) in [7, 11) is 1.58. The minimum atomic E-state index is -1.22. The molecule has 1 unspecified atom stereocenters. The van der Waals surface area contributed by atoms with Gasteiger partial charge >= 0.3 is 0 Å². The Labute approximate surface area is 86.4 Å². The first kappa shape index (κ1) is 9.51. The van der Waals surface area contributed by atoms with Gasteiger partial charge in [0.25, 0.3) is 17.9 Å². The second kappa shape index (κ2) is 3.27. The average Bonchev–Trinajstić information content (AvgIpc) is 2.23. The molecule has 1 atom stereocenters. The van der Waals surface area contributed by atoms with E-state index in [4.69, 9.17) is 10.5 Å². The topological polar surface area (TPSA) is 72.6 Å². The molecule has 78 valence electrons. The van der Waals surface area contributed by atoms with E-state index in [1.54, 1.807) is 31.3 Å². The molecular weight excluding hydrogens is 196 g/mol. The molecule has 1 aromatic carbocycles. The van der Waals surface area contributed by atoms with E-state index in [1.807, 2.05) is 0 Å². The zero-order valence-electron chi connectivity index (χ0n) is 8.14. The molecule has 1 aromatic rings. The summed E-state index contributed by atoms with van der Waals surface area (Å²) in [5, 5.41) is 0. The van der Waals surface area contributed by atoms with E-state index in [0.717, 1.165) is 0 Å². The maximum atomic E-state index is 11.6. The summed E-state index contributed by atoms with van der Waals surface area (Å²) < 4.78 is 5.21. The first-order valence-electron chi connectivity index (χ1n) is 4.44. The van der Waals surface area contributed by atoms with E-state index in [2.05, 4.69) is 0 Å². The van der Waals surface area contributed by atoms with Crippen molar-refractivity contribution in [1.29, 1.82) is 0 Å². The molecule has 15 heavy (non-hydrogen) atoms. The summed E-state index contributed by atoms with van der Waals surface area (Å²) in [6.45, 7) is 0. The number of nitrogens with two attached hydrogens (primary N) is 1. The molecule has 1 aliphatic rings. The van der Waals surface area contributed by atoms with Gasteiger partial charge in [-0.25, -0.2) is 0 Å². The number of fused-ring (bicyclic) bond motifs is 1. The number of para-hydroxylation sites is 2. The van der Waals surface area contributed by atoms with Crippen LogP contribution in [-0.4, -0.2) is 25.0 Å². The number of rotatable bonds is 1. The van der Waals surface area contributed by atoms with Gasteiger partial charge in [-0.3, -0.25) is 9.59 Å². The lowest BCUT2D eigenvalue weighted by Gasteiger charge is -2.30. The van der Waals surface area contributed by atoms with Crippen LogP contribution in [0.4, 0.5) is 5.69 Å². The summed E-state index contributed by atoms with van der Waals surface area (Å²) >= 11 is 0. The van der Waals surface area contributed by atoms with Crippen LogP contribution in [0.3, 0.4) is 0 Å². The minimum absolute atomic E-state index is 0.443. The predicted octanol–water partition coefficient (Wildman–Crippen LogP) is -0.104. The average molecular weight is 206 g/mol. The van der Waals surface area contributed by atoms with Crippen LogP contribution in [0.2, 0.25) is 0 Å². The fraction of sp³-hybridized carbons (Fsp3) is 0.200. The van der Waals surface area contributed by atoms with Gasteiger partial charge in [0.15, 0.2) is 0 Å². The summed E-state index contributed by atoms with van der Waals surface area (Å²) in [5.74, 6) is -0.731. The van der Waals surface area contributed by atoms with Gasteiger partial charge in [-0.1, -0.05) is 12.1 Å². The van der Waals surface area contributed by atoms with Crippen molar-refractivity contribution in [2.75, 3.05) is 11.9 Å². The van der Waals surface area contributed by atoms with Crippen molar-refractivity contribution in [2.45, 2.75) is 6.10 Å². The van der Waals surface area contributed by atoms with E-state index < -0.39 is 17.9 Å². The van der Waals surface area contributed by atoms with Crippen LogP contribution in [0.1, 0.15) is 0 Å². The summed E-state index contributed by atoms with van der Waals surface area (Å²) in [6, 6.07) is 6.98. The second-order valence-corrected chi connectivity index (χ2v) is 3.27. The van der Waals surface area contributed by atoms with Crippen LogP contribution in [0.25, 0.3) is 0 Å². The highest BCUT2D eigenvalue weighted by Gasteiger charge is 2.35. The number of carbonyl (C=O) groups is 2. The standard InChI is InChI=1S/C10H10N2O3/c1-12-6-4-2-3-5-7(6)15-8(9(11)13)10(12)14/h2-5,8H,1H3,(H2,11,13). The number of primary amides is 1. The maximum absolute atomic E-state index is 11.6. The SMILES string of the molecule is CN1C(=O)C(C(N)=O)Oc2ccccc21. The Hall–Kier alpha value is -2.04. The van der Waals surface area contributed by atoms with Crippen LogP contribution in [-0.2, 0) is 9.59 Å². The Morgan fingerprint density at radius 3 is 2.80 bits per heavy atom. The first-order chi connectivity index (χ1) is 7.11. The minimum Gasteiger partial charge on any atom is -0.468 e. The Kier molecular flexibility index (Phi) is 2.07. The Morgan fingerprint density at radius 2 is 2.13 bits per heavy atom. The molecule has 0 radical (unpaired) electrons. The van der Waals surface area contributed by atoms with Gasteiger partial charge in [0, 0.05) is 7.05 Å². The van der Waals surface area contributed by atoms with E-state index in [9.17, 15) is 9.59 Å². The lowest BCUT2D eigenvalue weighted by atomic mass is 10.2. The molecule has 1 aliphatic heterocycles. The zero-order chi connectivity index (χ0) is 11.0. The number of amides is 2. The highest BCUT2D eigenvalue weighted by Crippen LogP contribution is 2.32. The molecule has 5 nitrogen and oxygen atoms in total. The molecule has 0 fully saturated rings. The largest absolute Gasteiger partial charge is 0.468 e. The highest BCUT2D eigenvalue weighted by molar-refractivity contribution is 6.11. The number of ether oxygens (including phenoxy) is 1. The van der Waals surface area contributed by atoms with Crippen molar-refractivity contribution in [1.82, 2.24) is 0 Å². The molecule has 2 amide bonds. The van der Waals surface area contributed by atoms with Crippen LogP contribution in [0.15, 0.2) is 24.3 Å². The summed E-state index contributed by atoms with van der Waals surface area (Å²) in [4.78, 5) is 24.0. The number of hydrogen-bond acceptors (Lipinski definition) is 3.